The van der Waals surface area contributed by atoms with Crippen molar-refractivity contribution in [1.29, 1.82) is 0 Å². The predicted octanol–water partition coefficient (Wildman–Crippen LogP) is 6.04. The molecule has 1 spiro atoms. The maximum atomic E-state index is 14.2. The van der Waals surface area contributed by atoms with Gasteiger partial charge in [-0.1, -0.05) is 24.3 Å². The second-order valence-corrected chi connectivity index (χ2v) is 9.31. The second-order valence-electron chi connectivity index (χ2n) is 9.31. The molecule has 5 nitrogen and oxygen atoms in total. The number of carbonyl (C=O) groups is 1. The quantitative estimate of drug-likeness (QED) is 0.410. The molecule has 35 heavy (non-hydrogen) atoms. The van der Waals surface area contributed by atoms with Crippen molar-refractivity contribution in [2.45, 2.75) is 44.0 Å². The third kappa shape index (κ3) is 3.83. The fourth-order valence-electron chi connectivity index (χ4n) is 5.14. The van der Waals surface area contributed by atoms with E-state index < -0.39 is 29.6 Å². The van der Waals surface area contributed by atoms with Gasteiger partial charge in [0.15, 0.2) is 0 Å². The first-order valence-electron chi connectivity index (χ1n) is 11.1. The van der Waals surface area contributed by atoms with E-state index in [2.05, 4.69) is 0 Å². The van der Waals surface area contributed by atoms with Crippen LogP contribution in [0.3, 0.4) is 0 Å². The van der Waals surface area contributed by atoms with Crippen LogP contribution in [0.15, 0.2) is 59.0 Å². The summed E-state index contributed by atoms with van der Waals surface area (Å²) in [6, 6.07) is 14.4. The van der Waals surface area contributed by atoms with E-state index >= 15 is 0 Å². The molecule has 1 atom stereocenters. The summed E-state index contributed by atoms with van der Waals surface area (Å²) in [7, 11) is 0. The highest BCUT2D eigenvalue weighted by molar-refractivity contribution is 6.11. The van der Waals surface area contributed by atoms with E-state index in [4.69, 9.17) is 13.9 Å². The lowest BCUT2D eigenvalue weighted by molar-refractivity contribution is -0.153. The Labute approximate surface area is 199 Å². The molecule has 0 aliphatic carbocycles. The molecule has 0 bridgehead atoms. The van der Waals surface area contributed by atoms with Crippen molar-refractivity contribution in [3.8, 4) is 11.5 Å². The van der Waals surface area contributed by atoms with E-state index in [0.717, 1.165) is 11.6 Å². The Bertz CT molecular complexity index is 1280. The third-order valence-corrected chi connectivity index (χ3v) is 6.36. The molecule has 184 valence electrons. The lowest BCUT2D eigenvalue weighted by Gasteiger charge is -2.43. The van der Waals surface area contributed by atoms with Crippen molar-refractivity contribution in [3.05, 3.63) is 77.2 Å². The normalized spacial score (nSPS) is 20.5. The molecule has 0 radical (unpaired) electrons. The van der Waals surface area contributed by atoms with Crippen molar-refractivity contribution in [1.82, 2.24) is 0 Å². The van der Waals surface area contributed by atoms with Gasteiger partial charge in [-0.2, -0.15) is 13.2 Å². The van der Waals surface area contributed by atoms with E-state index in [-0.39, 0.29) is 24.8 Å². The first kappa shape index (κ1) is 23.3. The summed E-state index contributed by atoms with van der Waals surface area (Å²) in [4.78, 5) is 15.6. The zero-order valence-electron chi connectivity index (χ0n) is 19.1. The summed E-state index contributed by atoms with van der Waals surface area (Å²) in [5.74, 6) is -0.502. The first-order valence-corrected chi connectivity index (χ1v) is 11.1. The molecule has 2 aromatic carbocycles. The highest BCUT2D eigenvalue weighted by atomic mass is 19.4. The van der Waals surface area contributed by atoms with E-state index in [0.29, 0.717) is 29.2 Å². The number of nitrogens with zero attached hydrogens (tertiary/aromatic N) is 1. The second kappa shape index (κ2) is 8.03. The Kier molecular flexibility index (Phi) is 5.34. The van der Waals surface area contributed by atoms with Gasteiger partial charge in [0.05, 0.1) is 6.54 Å². The number of carbonyl (C=O) groups excluding carboxylic acids is 1. The summed E-state index contributed by atoms with van der Waals surface area (Å²) < 4.78 is 68.4. The fraction of sp³-hybridized carbons (Fsp3) is 0.346. The Balaban J connectivity index is 1.61. The summed E-state index contributed by atoms with van der Waals surface area (Å²) in [5.41, 5.74) is 0.0935. The lowest BCUT2D eigenvalue weighted by Crippen LogP contribution is -2.50. The largest absolute Gasteiger partial charge is 0.491 e. The van der Waals surface area contributed by atoms with E-state index in [1.54, 1.807) is 30.3 Å². The van der Waals surface area contributed by atoms with Crippen molar-refractivity contribution < 1.29 is 36.2 Å². The maximum absolute atomic E-state index is 14.2. The van der Waals surface area contributed by atoms with Crippen molar-refractivity contribution in [2.24, 2.45) is 0 Å². The Morgan fingerprint density at radius 2 is 1.83 bits per heavy atom. The van der Waals surface area contributed by atoms with Gasteiger partial charge >= 0.3 is 6.18 Å². The number of ether oxygens (including phenoxy) is 2. The number of hydrogen-bond acceptors (Lipinski definition) is 4. The molecule has 9 heteroatoms. The van der Waals surface area contributed by atoms with Gasteiger partial charge in [0, 0.05) is 23.7 Å². The van der Waals surface area contributed by atoms with Gasteiger partial charge in [0.2, 0.25) is 11.7 Å². The molecule has 0 saturated carbocycles. The lowest BCUT2D eigenvalue weighted by atomic mass is 9.67. The molecule has 1 aromatic heterocycles. The topological polar surface area (TPSA) is 51.9 Å². The fourth-order valence-corrected chi connectivity index (χ4v) is 5.14. The molecule has 2 aliphatic rings. The number of alkyl halides is 4. The number of rotatable bonds is 5. The predicted molar refractivity (Wildman–Crippen MR) is 119 cm³/mol. The van der Waals surface area contributed by atoms with Crippen LogP contribution in [0.5, 0.6) is 11.5 Å². The van der Waals surface area contributed by atoms with Crippen LogP contribution >= 0.6 is 0 Å². The van der Waals surface area contributed by atoms with Gasteiger partial charge < -0.3 is 18.8 Å². The van der Waals surface area contributed by atoms with Crippen LogP contribution in [0.1, 0.15) is 42.9 Å². The van der Waals surface area contributed by atoms with Crippen LogP contribution in [0.2, 0.25) is 0 Å². The molecule has 1 unspecified atom stereocenters. The number of hydrogen-bond donors (Lipinski definition) is 0. The SMILES string of the molecule is CC1(C)CC2(C(=O)N(Cc3ccc(C(F)(F)F)o3)c3ccccc32)c2ccc(OCCF)cc2O1. The number of fused-ring (bicyclic) bond motifs is 4. The summed E-state index contributed by atoms with van der Waals surface area (Å²) in [5, 5.41) is 0. The van der Waals surface area contributed by atoms with E-state index in [1.807, 2.05) is 26.0 Å². The average Bonchev–Trinajstić information content (AvgIpc) is 3.36. The Hall–Kier alpha value is -3.49. The van der Waals surface area contributed by atoms with E-state index in [9.17, 15) is 22.4 Å². The van der Waals surface area contributed by atoms with Gasteiger partial charge in [-0.25, -0.2) is 4.39 Å². The van der Waals surface area contributed by atoms with Gasteiger partial charge in [-0.15, -0.1) is 0 Å². The van der Waals surface area contributed by atoms with Crippen LogP contribution in [-0.4, -0.2) is 24.8 Å². The summed E-state index contributed by atoms with van der Waals surface area (Å²) >= 11 is 0. The average molecular weight is 489 g/mol. The number of benzene rings is 2. The smallest absolute Gasteiger partial charge is 0.449 e. The van der Waals surface area contributed by atoms with Crippen LogP contribution < -0.4 is 14.4 Å². The summed E-state index contributed by atoms with van der Waals surface area (Å²) in [6.45, 7) is 2.84. The standard InChI is InChI=1S/C26H23F4NO4/c1-24(2)15-25(19-9-7-16(33-12-11-27)13-21(19)35-24)18-5-3-4-6-20(18)31(23(25)32)14-17-8-10-22(34-17)26(28,29)30/h3-10,13H,11-12,14-15H2,1-2H3. The molecule has 2 aliphatic heterocycles. The molecule has 5 rings (SSSR count). The van der Waals surface area contributed by atoms with Gasteiger partial charge in [0.25, 0.3) is 0 Å². The molecular formula is C26H23F4NO4. The van der Waals surface area contributed by atoms with Gasteiger partial charge in [-0.05, 0) is 43.7 Å². The third-order valence-electron chi connectivity index (χ3n) is 6.36. The number of para-hydroxylation sites is 1. The Morgan fingerprint density at radius 1 is 1.06 bits per heavy atom. The molecule has 3 heterocycles. The zero-order chi connectivity index (χ0) is 25.0. The van der Waals surface area contributed by atoms with E-state index in [1.165, 1.54) is 11.0 Å². The minimum Gasteiger partial charge on any atom is -0.491 e. The van der Waals surface area contributed by atoms with Crippen LogP contribution in [-0.2, 0) is 22.9 Å². The highest BCUT2D eigenvalue weighted by Crippen LogP contribution is 2.56. The molecular weight excluding hydrogens is 466 g/mol. The van der Waals surface area contributed by atoms with Crippen molar-refractivity contribution in [3.63, 3.8) is 0 Å². The number of amides is 1. The Morgan fingerprint density at radius 3 is 2.54 bits per heavy atom. The van der Waals surface area contributed by atoms with Crippen LogP contribution in [0, 0.1) is 0 Å². The zero-order valence-corrected chi connectivity index (χ0v) is 19.1. The van der Waals surface area contributed by atoms with Crippen LogP contribution in [0.4, 0.5) is 23.2 Å². The summed E-state index contributed by atoms with van der Waals surface area (Å²) in [6.07, 6.45) is -4.30. The number of halogens is 4. The first-order chi connectivity index (χ1) is 16.5. The van der Waals surface area contributed by atoms with Crippen molar-refractivity contribution >= 4 is 11.6 Å². The molecule has 0 fully saturated rings. The molecule has 0 N–H and O–H groups in total. The van der Waals surface area contributed by atoms with Gasteiger partial charge in [-0.3, -0.25) is 4.79 Å². The molecule has 0 saturated heterocycles. The highest BCUT2D eigenvalue weighted by Gasteiger charge is 2.58. The van der Waals surface area contributed by atoms with Gasteiger partial charge in [0.1, 0.15) is 41.6 Å². The molecule has 3 aromatic rings. The monoisotopic (exact) mass is 489 g/mol. The molecule has 1 amide bonds. The number of anilines is 1. The van der Waals surface area contributed by atoms with Crippen molar-refractivity contribution in [2.75, 3.05) is 18.2 Å². The minimum atomic E-state index is -4.61. The van der Waals surface area contributed by atoms with Crippen LogP contribution in [0.25, 0.3) is 0 Å². The maximum Gasteiger partial charge on any atom is 0.449 e. The number of furan rings is 1. The minimum absolute atomic E-state index is 0.0269.